The minimum absolute atomic E-state index is 0.336. The second kappa shape index (κ2) is 5.99. The summed E-state index contributed by atoms with van der Waals surface area (Å²) in [7, 11) is 0. The normalized spacial score (nSPS) is 15.0. The first-order valence-electron chi connectivity index (χ1n) is 4.94. The van der Waals surface area contributed by atoms with E-state index in [1.807, 2.05) is 25.1 Å². The molecule has 0 bridgehead atoms. The van der Waals surface area contributed by atoms with Gasteiger partial charge >= 0.3 is 0 Å². The van der Waals surface area contributed by atoms with Crippen LogP contribution in [0.25, 0.3) is 0 Å². The molecular weight excluding hydrogens is 322 g/mol. The van der Waals surface area contributed by atoms with Crippen LogP contribution < -0.4 is 5.73 Å². The van der Waals surface area contributed by atoms with Gasteiger partial charge in [-0.25, -0.2) is 0 Å². The molecule has 2 atom stereocenters. The molecule has 0 saturated carbocycles. The highest BCUT2D eigenvalue weighted by atomic mass is 79.9. The zero-order valence-electron chi connectivity index (χ0n) is 8.58. The second-order valence-corrected chi connectivity index (χ2v) is 5.32. The van der Waals surface area contributed by atoms with E-state index in [2.05, 4.69) is 31.9 Å². The van der Waals surface area contributed by atoms with E-state index in [4.69, 9.17) is 5.73 Å². The number of aliphatic hydroxyl groups is 1. The molecule has 0 radical (unpaired) electrons. The Morgan fingerprint density at radius 2 is 2.07 bits per heavy atom. The van der Waals surface area contributed by atoms with Crippen LogP contribution in [-0.4, -0.2) is 11.2 Å². The lowest BCUT2D eigenvalue weighted by Crippen LogP contribution is -2.26. The summed E-state index contributed by atoms with van der Waals surface area (Å²) in [6, 6.07) is 5.47. The number of halogens is 2. The molecule has 4 heteroatoms. The molecule has 0 saturated heterocycles. The highest BCUT2D eigenvalue weighted by Gasteiger charge is 2.18. The standard InChI is InChI=1S/C11H15Br2NO/c1-2-3-10(15)11(14)8-6-7(12)4-5-9(8)13/h4-6,10-11,15H,2-3,14H2,1H3/t10-,11+/m1/s1. The SMILES string of the molecule is CCC[C@@H](O)[C@@H](N)c1cc(Br)ccc1Br. The third-order valence-electron chi connectivity index (χ3n) is 2.32. The average Bonchev–Trinajstić information content (AvgIpc) is 2.21. The van der Waals surface area contributed by atoms with Crippen LogP contribution in [0.2, 0.25) is 0 Å². The fourth-order valence-electron chi connectivity index (χ4n) is 1.45. The summed E-state index contributed by atoms with van der Waals surface area (Å²) in [5.74, 6) is 0. The van der Waals surface area contributed by atoms with Gasteiger partial charge in [0.15, 0.2) is 0 Å². The number of aliphatic hydroxyl groups excluding tert-OH is 1. The van der Waals surface area contributed by atoms with Crippen LogP contribution in [0.5, 0.6) is 0 Å². The van der Waals surface area contributed by atoms with E-state index in [9.17, 15) is 5.11 Å². The molecule has 0 aliphatic rings. The summed E-state index contributed by atoms with van der Waals surface area (Å²) in [6.07, 6.45) is 1.17. The van der Waals surface area contributed by atoms with Crippen molar-refractivity contribution in [2.45, 2.75) is 31.9 Å². The largest absolute Gasteiger partial charge is 0.391 e. The number of hydrogen-bond acceptors (Lipinski definition) is 2. The Balaban J connectivity index is 2.89. The lowest BCUT2D eigenvalue weighted by Gasteiger charge is -2.20. The molecule has 0 aliphatic heterocycles. The molecule has 0 aliphatic carbocycles. The third kappa shape index (κ3) is 3.55. The lowest BCUT2D eigenvalue weighted by atomic mass is 9.99. The first kappa shape index (κ1) is 13.2. The van der Waals surface area contributed by atoms with Crippen molar-refractivity contribution in [1.29, 1.82) is 0 Å². The molecule has 0 fully saturated rings. The first-order valence-corrected chi connectivity index (χ1v) is 6.53. The predicted molar refractivity (Wildman–Crippen MR) is 69.7 cm³/mol. The maximum absolute atomic E-state index is 9.83. The van der Waals surface area contributed by atoms with E-state index < -0.39 is 6.10 Å². The number of benzene rings is 1. The van der Waals surface area contributed by atoms with Gasteiger partial charge in [-0.2, -0.15) is 0 Å². The van der Waals surface area contributed by atoms with Crippen molar-refractivity contribution < 1.29 is 5.11 Å². The highest BCUT2D eigenvalue weighted by Crippen LogP contribution is 2.28. The van der Waals surface area contributed by atoms with Crippen LogP contribution in [0.3, 0.4) is 0 Å². The van der Waals surface area contributed by atoms with Gasteiger partial charge < -0.3 is 10.8 Å². The molecule has 0 unspecified atom stereocenters. The predicted octanol–water partition coefficient (Wildman–Crippen LogP) is 3.37. The summed E-state index contributed by atoms with van der Waals surface area (Å²) >= 11 is 6.83. The summed E-state index contributed by atoms with van der Waals surface area (Å²) in [6.45, 7) is 2.03. The summed E-state index contributed by atoms with van der Waals surface area (Å²) < 4.78 is 1.91. The zero-order chi connectivity index (χ0) is 11.4. The Bertz CT molecular complexity index is 330. The molecule has 1 rings (SSSR count). The Labute approximate surface area is 107 Å². The Hall–Kier alpha value is 0.1000. The minimum atomic E-state index is -0.486. The van der Waals surface area contributed by atoms with E-state index in [1.165, 1.54) is 0 Å². The van der Waals surface area contributed by atoms with Crippen molar-refractivity contribution in [2.24, 2.45) is 5.73 Å². The van der Waals surface area contributed by atoms with Gasteiger partial charge in [-0.1, -0.05) is 45.2 Å². The summed E-state index contributed by atoms with van der Waals surface area (Å²) in [4.78, 5) is 0. The highest BCUT2D eigenvalue weighted by molar-refractivity contribution is 9.11. The third-order valence-corrected chi connectivity index (χ3v) is 3.53. The monoisotopic (exact) mass is 335 g/mol. The average molecular weight is 337 g/mol. The minimum Gasteiger partial charge on any atom is -0.391 e. The Morgan fingerprint density at radius 1 is 1.40 bits per heavy atom. The van der Waals surface area contributed by atoms with E-state index >= 15 is 0 Å². The van der Waals surface area contributed by atoms with Gasteiger partial charge in [0.1, 0.15) is 0 Å². The van der Waals surface area contributed by atoms with Gasteiger partial charge in [-0.15, -0.1) is 0 Å². The van der Waals surface area contributed by atoms with Gasteiger partial charge in [0, 0.05) is 8.95 Å². The van der Waals surface area contributed by atoms with Crippen molar-refractivity contribution in [1.82, 2.24) is 0 Å². The fraction of sp³-hybridized carbons (Fsp3) is 0.455. The van der Waals surface area contributed by atoms with E-state index in [0.717, 1.165) is 27.4 Å². The van der Waals surface area contributed by atoms with Crippen LogP contribution >= 0.6 is 31.9 Å². The van der Waals surface area contributed by atoms with Gasteiger partial charge in [0.25, 0.3) is 0 Å². The molecule has 84 valence electrons. The van der Waals surface area contributed by atoms with Crippen LogP contribution in [0, 0.1) is 0 Å². The van der Waals surface area contributed by atoms with Crippen molar-refractivity contribution >= 4 is 31.9 Å². The van der Waals surface area contributed by atoms with E-state index in [-0.39, 0.29) is 6.04 Å². The van der Waals surface area contributed by atoms with E-state index in [0.29, 0.717) is 0 Å². The molecule has 3 N–H and O–H groups in total. The van der Waals surface area contributed by atoms with Gasteiger partial charge in [-0.05, 0) is 30.2 Å². The van der Waals surface area contributed by atoms with Crippen molar-refractivity contribution in [2.75, 3.05) is 0 Å². The van der Waals surface area contributed by atoms with Gasteiger partial charge in [0.05, 0.1) is 12.1 Å². The molecule has 0 spiro atoms. The Morgan fingerprint density at radius 3 is 2.67 bits per heavy atom. The molecule has 0 aromatic heterocycles. The van der Waals surface area contributed by atoms with Gasteiger partial charge in [-0.3, -0.25) is 0 Å². The summed E-state index contributed by atoms with van der Waals surface area (Å²) in [5.41, 5.74) is 6.93. The topological polar surface area (TPSA) is 46.2 Å². The molecular formula is C11H15Br2NO. The van der Waals surface area contributed by atoms with Crippen molar-refractivity contribution in [3.8, 4) is 0 Å². The molecule has 1 aromatic carbocycles. The quantitative estimate of drug-likeness (QED) is 0.885. The molecule has 0 amide bonds. The molecule has 0 heterocycles. The lowest BCUT2D eigenvalue weighted by molar-refractivity contribution is 0.134. The fourth-order valence-corrected chi connectivity index (χ4v) is 2.34. The van der Waals surface area contributed by atoms with Crippen LogP contribution in [0.4, 0.5) is 0 Å². The van der Waals surface area contributed by atoms with Crippen LogP contribution in [-0.2, 0) is 0 Å². The van der Waals surface area contributed by atoms with E-state index in [1.54, 1.807) is 0 Å². The zero-order valence-corrected chi connectivity index (χ0v) is 11.8. The van der Waals surface area contributed by atoms with Crippen LogP contribution in [0.1, 0.15) is 31.4 Å². The van der Waals surface area contributed by atoms with Crippen LogP contribution in [0.15, 0.2) is 27.1 Å². The Kier molecular flexibility index (Phi) is 5.26. The van der Waals surface area contributed by atoms with Crippen molar-refractivity contribution in [3.63, 3.8) is 0 Å². The number of hydrogen-bond donors (Lipinski definition) is 2. The van der Waals surface area contributed by atoms with Crippen molar-refractivity contribution in [3.05, 3.63) is 32.7 Å². The maximum atomic E-state index is 9.83. The maximum Gasteiger partial charge on any atom is 0.0733 e. The second-order valence-electron chi connectivity index (χ2n) is 3.55. The van der Waals surface area contributed by atoms with Gasteiger partial charge in [0.2, 0.25) is 0 Å². The first-order chi connectivity index (χ1) is 7.06. The smallest absolute Gasteiger partial charge is 0.0733 e. The molecule has 15 heavy (non-hydrogen) atoms. The summed E-state index contributed by atoms with van der Waals surface area (Å²) in [5, 5.41) is 9.83. The number of rotatable bonds is 4. The molecule has 1 aromatic rings. The molecule has 2 nitrogen and oxygen atoms in total. The number of nitrogens with two attached hydrogens (primary N) is 1.